The normalized spacial score (nSPS) is 12.0. The number of nitrogens with zero attached hydrogens (tertiary/aromatic N) is 2. The number of amides is 2. The van der Waals surface area contributed by atoms with E-state index in [0.717, 1.165) is 28.3 Å². The Kier molecular flexibility index (Phi) is 10.9. The predicted octanol–water partition coefficient (Wildman–Crippen LogP) is 5.22. The number of benzene rings is 3. The van der Waals surface area contributed by atoms with Gasteiger partial charge in [-0.25, -0.2) is 8.42 Å². The Morgan fingerprint density at radius 3 is 2.23 bits per heavy atom. The van der Waals surface area contributed by atoms with Crippen LogP contribution in [0.3, 0.4) is 0 Å². The molecule has 0 spiro atoms. The number of anilines is 1. The molecule has 0 saturated heterocycles. The van der Waals surface area contributed by atoms with Crippen LogP contribution in [0, 0.1) is 6.92 Å². The summed E-state index contributed by atoms with van der Waals surface area (Å²) in [6.07, 6.45) is 2.27. The Balaban J connectivity index is 1.96. The maximum Gasteiger partial charge on any atom is 0.264 e. The van der Waals surface area contributed by atoms with Gasteiger partial charge in [-0.15, -0.1) is 0 Å². The zero-order chi connectivity index (χ0) is 28.4. The van der Waals surface area contributed by atoms with Gasteiger partial charge in [0.1, 0.15) is 12.6 Å². The minimum Gasteiger partial charge on any atom is -0.354 e. The monoisotopic (exact) mass is 569 g/mol. The molecule has 1 N–H and O–H groups in total. The summed E-state index contributed by atoms with van der Waals surface area (Å²) in [4.78, 5) is 28.3. The molecule has 0 aliphatic rings. The maximum absolute atomic E-state index is 13.9. The van der Waals surface area contributed by atoms with Crippen molar-refractivity contribution in [1.82, 2.24) is 10.2 Å². The van der Waals surface area contributed by atoms with E-state index in [1.54, 1.807) is 43.3 Å². The second-order valence-corrected chi connectivity index (χ2v) is 11.7. The van der Waals surface area contributed by atoms with Gasteiger partial charge in [-0.05, 0) is 62.1 Å². The van der Waals surface area contributed by atoms with E-state index in [9.17, 15) is 18.0 Å². The van der Waals surface area contributed by atoms with Crippen molar-refractivity contribution in [2.75, 3.05) is 23.9 Å². The van der Waals surface area contributed by atoms with Crippen LogP contribution in [-0.2, 0) is 26.0 Å². The zero-order valence-corrected chi connectivity index (χ0v) is 24.2. The lowest BCUT2D eigenvalue weighted by Gasteiger charge is -2.32. The zero-order valence-electron chi connectivity index (χ0n) is 22.6. The topological polar surface area (TPSA) is 86.8 Å². The van der Waals surface area contributed by atoms with Crippen molar-refractivity contribution in [1.29, 1.82) is 0 Å². The van der Waals surface area contributed by atoms with E-state index in [-0.39, 0.29) is 23.0 Å². The van der Waals surface area contributed by atoms with Crippen LogP contribution in [0.15, 0.2) is 83.8 Å². The van der Waals surface area contributed by atoms with Gasteiger partial charge in [0.2, 0.25) is 11.8 Å². The van der Waals surface area contributed by atoms with Gasteiger partial charge >= 0.3 is 0 Å². The molecule has 2 amide bonds. The molecule has 0 bridgehead atoms. The molecule has 3 aromatic carbocycles. The summed E-state index contributed by atoms with van der Waals surface area (Å²) in [7, 11) is -4.12. The average Bonchev–Trinajstić information content (AvgIpc) is 2.94. The summed E-state index contributed by atoms with van der Waals surface area (Å²) < 4.78 is 28.6. The number of rotatable bonds is 13. The highest BCUT2D eigenvalue weighted by atomic mass is 35.5. The number of aryl methyl sites for hydroxylation is 1. The first-order valence-corrected chi connectivity index (χ1v) is 14.9. The molecule has 0 fully saturated rings. The minimum atomic E-state index is -4.12. The van der Waals surface area contributed by atoms with Gasteiger partial charge in [0, 0.05) is 18.1 Å². The summed E-state index contributed by atoms with van der Waals surface area (Å²) >= 11 is 6.35. The van der Waals surface area contributed by atoms with Crippen molar-refractivity contribution < 1.29 is 18.0 Å². The number of unbranched alkanes of at least 4 members (excludes halogenated alkanes) is 1. The molecular formula is C30H36ClN3O4S. The number of halogens is 1. The largest absolute Gasteiger partial charge is 0.354 e. The van der Waals surface area contributed by atoms with E-state index in [4.69, 9.17) is 11.6 Å². The van der Waals surface area contributed by atoms with Gasteiger partial charge in [0.15, 0.2) is 0 Å². The molecule has 1 atom stereocenters. The molecule has 0 heterocycles. The Hall–Kier alpha value is -3.36. The summed E-state index contributed by atoms with van der Waals surface area (Å²) in [5.41, 5.74) is 2.06. The smallest absolute Gasteiger partial charge is 0.264 e. The fourth-order valence-corrected chi connectivity index (χ4v) is 5.69. The van der Waals surface area contributed by atoms with Crippen molar-refractivity contribution in [3.8, 4) is 0 Å². The first-order valence-electron chi connectivity index (χ1n) is 13.1. The van der Waals surface area contributed by atoms with E-state index in [0.29, 0.717) is 18.0 Å². The highest BCUT2D eigenvalue weighted by molar-refractivity contribution is 7.92. The third kappa shape index (κ3) is 8.07. The fraction of sp³-hybridized carbons (Fsp3) is 0.333. The van der Waals surface area contributed by atoms with Gasteiger partial charge in [0.25, 0.3) is 10.0 Å². The fourth-order valence-electron chi connectivity index (χ4n) is 4.09. The van der Waals surface area contributed by atoms with E-state index in [2.05, 4.69) is 5.32 Å². The van der Waals surface area contributed by atoms with E-state index >= 15 is 0 Å². The average molecular weight is 570 g/mol. The van der Waals surface area contributed by atoms with Crippen LogP contribution >= 0.6 is 11.6 Å². The van der Waals surface area contributed by atoms with Crippen LogP contribution in [0.5, 0.6) is 0 Å². The van der Waals surface area contributed by atoms with Crippen LogP contribution in [0.2, 0.25) is 5.02 Å². The summed E-state index contributed by atoms with van der Waals surface area (Å²) in [5, 5.41) is 3.28. The molecular weight excluding hydrogens is 534 g/mol. The third-order valence-corrected chi connectivity index (χ3v) is 8.73. The van der Waals surface area contributed by atoms with E-state index in [1.807, 2.05) is 44.2 Å². The van der Waals surface area contributed by atoms with Gasteiger partial charge in [0.05, 0.1) is 10.6 Å². The Morgan fingerprint density at radius 2 is 1.62 bits per heavy atom. The Labute approximate surface area is 236 Å². The second kappa shape index (κ2) is 14.1. The van der Waals surface area contributed by atoms with Crippen molar-refractivity contribution in [2.24, 2.45) is 0 Å². The highest BCUT2D eigenvalue weighted by Crippen LogP contribution is 2.28. The molecule has 3 rings (SSSR count). The van der Waals surface area contributed by atoms with Gasteiger partial charge < -0.3 is 10.2 Å². The standard InChI is InChI=1S/C30H36ClN3O4S/c1-4-5-19-32-30(36)24(3)33(20-18-25-12-8-6-9-13-25)29(35)22-34(26-17-16-23(2)28(31)21-26)39(37,38)27-14-10-7-11-15-27/h6-17,21,24H,4-5,18-20,22H2,1-3H3,(H,32,36). The van der Waals surface area contributed by atoms with Crippen LogP contribution < -0.4 is 9.62 Å². The first-order chi connectivity index (χ1) is 18.6. The van der Waals surface area contributed by atoms with Crippen LogP contribution in [0.25, 0.3) is 0 Å². The molecule has 3 aromatic rings. The first kappa shape index (κ1) is 30.2. The summed E-state index contributed by atoms with van der Waals surface area (Å²) in [6.45, 7) is 5.79. The van der Waals surface area contributed by atoms with E-state index in [1.165, 1.54) is 17.0 Å². The maximum atomic E-state index is 13.9. The SMILES string of the molecule is CCCCNC(=O)C(C)N(CCc1ccccc1)C(=O)CN(c1ccc(C)c(Cl)c1)S(=O)(=O)c1ccccc1. The lowest BCUT2D eigenvalue weighted by Crippen LogP contribution is -2.52. The molecule has 1 unspecified atom stereocenters. The van der Waals surface area contributed by atoms with E-state index < -0.39 is 28.5 Å². The quantitative estimate of drug-likeness (QED) is 0.286. The highest BCUT2D eigenvalue weighted by Gasteiger charge is 2.32. The Morgan fingerprint density at radius 1 is 0.974 bits per heavy atom. The molecule has 0 aliphatic carbocycles. The predicted molar refractivity (Wildman–Crippen MR) is 156 cm³/mol. The molecule has 0 saturated carbocycles. The molecule has 39 heavy (non-hydrogen) atoms. The van der Waals surface area contributed by atoms with Crippen molar-refractivity contribution in [3.05, 3.63) is 95.0 Å². The van der Waals surface area contributed by atoms with Crippen LogP contribution in [0.4, 0.5) is 5.69 Å². The molecule has 9 heteroatoms. The van der Waals surface area contributed by atoms with Gasteiger partial charge in [-0.3, -0.25) is 13.9 Å². The number of carbonyl (C=O) groups excluding carboxylic acids is 2. The number of hydrogen-bond acceptors (Lipinski definition) is 4. The third-order valence-electron chi connectivity index (χ3n) is 6.53. The summed E-state index contributed by atoms with van der Waals surface area (Å²) in [6, 6.07) is 21.7. The molecule has 0 aromatic heterocycles. The molecule has 0 aliphatic heterocycles. The summed E-state index contributed by atoms with van der Waals surface area (Å²) in [5.74, 6) is -0.763. The minimum absolute atomic E-state index is 0.0516. The Bertz CT molecular complexity index is 1350. The lowest BCUT2D eigenvalue weighted by molar-refractivity contribution is -0.138. The van der Waals surface area contributed by atoms with Gasteiger partial charge in [-0.1, -0.05) is 79.5 Å². The van der Waals surface area contributed by atoms with Crippen molar-refractivity contribution in [2.45, 2.75) is 51.0 Å². The second-order valence-electron chi connectivity index (χ2n) is 9.40. The number of carbonyl (C=O) groups is 2. The van der Waals surface area contributed by atoms with Crippen LogP contribution in [-0.4, -0.2) is 50.8 Å². The van der Waals surface area contributed by atoms with Crippen LogP contribution in [0.1, 0.15) is 37.8 Å². The lowest BCUT2D eigenvalue weighted by atomic mass is 10.1. The van der Waals surface area contributed by atoms with Crippen molar-refractivity contribution >= 4 is 39.1 Å². The molecule has 208 valence electrons. The number of sulfonamides is 1. The molecule has 0 radical (unpaired) electrons. The van der Waals surface area contributed by atoms with Gasteiger partial charge in [-0.2, -0.15) is 0 Å². The molecule has 7 nitrogen and oxygen atoms in total. The number of hydrogen-bond donors (Lipinski definition) is 1. The van der Waals surface area contributed by atoms with Crippen molar-refractivity contribution in [3.63, 3.8) is 0 Å². The number of nitrogens with one attached hydrogen (secondary N) is 1.